The van der Waals surface area contributed by atoms with Gasteiger partial charge in [-0.15, -0.1) is 15.3 Å². The maximum atomic E-state index is 12.0. The minimum absolute atomic E-state index is 0.129. The van der Waals surface area contributed by atoms with Gasteiger partial charge < -0.3 is 15.8 Å². The average Bonchev–Trinajstić information content (AvgIpc) is 3.04. The van der Waals surface area contributed by atoms with Gasteiger partial charge in [0.25, 0.3) is 0 Å². The number of nitrogens with one attached hydrogen (secondary N) is 1. The largest absolute Gasteiger partial charge is 0.480 e. The molecule has 0 spiro atoms. The number of carbonyl (C=O) groups excluding carboxylic acids is 2. The lowest BCUT2D eigenvalue weighted by Crippen LogP contribution is -2.13. The number of aromatic nitrogens is 4. The van der Waals surface area contributed by atoms with Crippen molar-refractivity contribution >= 4 is 23.1 Å². The molecule has 3 rings (SSSR count). The van der Waals surface area contributed by atoms with Crippen LogP contribution in [0.1, 0.15) is 29.0 Å². The fraction of sp³-hybridized carbons (Fsp3) is 0.235. The van der Waals surface area contributed by atoms with Crippen LogP contribution in [0.2, 0.25) is 0 Å². The van der Waals surface area contributed by atoms with Crippen LogP contribution in [0.5, 0.6) is 5.88 Å². The van der Waals surface area contributed by atoms with Gasteiger partial charge in [0, 0.05) is 30.2 Å². The predicted molar refractivity (Wildman–Crippen MR) is 93.9 cm³/mol. The van der Waals surface area contributed by atoms with Gasteiger partial charge in [-0.1, -0.05) is 0 Å². The maximum absolute atomic E-state index is 12.0. The van der Waals surface area contributed by atoms with Gasteiger partial charge in [-0.05, 0) is 36.8 Å². The maximum Gasteiger partial charge on any atom is 0.248 e. The van der Waals surface area contributed by atoms with Gasteiger partial charge in [-0.25, -0.2) is 0 Å². The summed E-state index contributed by atoms with van der Waals surface area (Å²) in [5.41, 5.74) is 6.81. The summed E-state index contributed by atoms with van der Waals surface area (Å²) < 4.78 is 6.71. The van der Waals surface area contributed by atoms with Crippen molar-refractivity contribution in [2.75, 3.05) is 12.4 Å². The number of amides is 2. The van der Waals surface area contributed by atoms with Gasteiger partial charge in [0.15, 0.2) is 11.5 Å². The minimum Gasteiger partial charge on any atom is -0.480 e. The second-order valence-electron chi connectivity index (χ2n) is 5.61. The van der Waals surface area contributed by atoms with E-state index in [4.69, 9.17) is 10.5 Å². The van der Waals surface area contributed by atoms with Gasteiger partial charge in [0.2, 0.25) is 17.7 Å². The molecule has 134 valence electrons. The first-order valence-corrected chi connectivity index (χ1v) is 8.02. The van der Waals surface area contributed by atoms with Crippen LogP contribution in [0.4, 0.5) is 5.69 Å². The lowest BCUT2D eigenvalue weighted by atomic mass is 10.2. The number of methoxy groups -OCH3 is 1. The van der Waals surface area contributed by atoms with E-state index in [-0.39, 0.29) is 5.91 Å². The first-order valence-electron chi connectivity index (χ1n) is 8.02. The van der Waals surface area contributed by atoms with Crippen molar-refractivity contribution in [1.29, 1.82) is 0 Å². The smallest absolute Gasteiger partial charge is 0.248 e. The zero-order valence-electron chi connectivity index (χ0n) is 14.2. The number of nitrogens with two attached hydrogens (primary N) is 1. The topological polar surface area (TPSA) is 124 Å². The van der Waals surface area contributed by atoms with Crippen LogP contribution in [0.15, 0.2) is 36.4 Å². The van der Waals surface area contributed by atoms with E-state index in [0.29, 0.717) is 47.9 Å². The first kappa shape index (κ1) is 17.3. The number of carbonyl (C=O) groups is 2. The van der Waals surface area contributed by atoms with Crippen LogP contribution >= 0.6 is 0 Å². The minimum atomic E-state index is -0.506. The third-order valence-corrected chi connectivity index (χ3v) is 3.77. The number of hydrogen-bond acceptors (Lipinski definition) is 6. The molecule has 26 heavy (non-hydrogen) atoms. The summed E-state index contributed by atoms with van der Waals surface area (Å²) in [6.45, 7) is 0. The van der Waals surface area contributed by atoms with Crippen molar-refractivity contribution in [3.8, 4) is 5.88 Å². The third kappa shape index (κ3) is 3.94. The van der Waals surface area contributed by atoms with Gasteiger partial charge in [0.05, 0.1) is 7.11 Å². The van der Waals surface area contributed by atoms with Crippen molar-refractivity contribution in [3.63, 3.8) is 0 Å². The van der Waals surface area contributed by atoms with Crippen molar-refractivity contribution < 1.29 is 14.3 Å². The van der Waals surface area contributed by atoms with E-state index in [2.05, 4.69) is 20.6 Å². The number of primary amides is 1. The zero-order valence-corrected chi connectivity index (χ0v) is 14.2. The summed E-state index contributed by atoms with van der Waals surface area (Å²) in [6.07, 6.45) is 1.46. The van der Waals surface area contributed by atoms with Crippen molar-refractivity contribution in [3.05, 3.63) is 47.8 Å². The second kappa shape index (κ2) is 7.60. The van der Waals surface area contributed by atoms with Gasteiger partial charge in [-0.2, -0.15) is 4.52 Å². The summed E-state index contributed by atoms with van der Waals surface area (Å²) in [5.74, 6) is 0.498. The Hall–Kier alpha value is -3.49. The van der Waals surface area contributed by atoms with Gasteiger partial charge in [0.1, 0.15) is 0 Å². The number of hydrogen-bond donors (Lipinski definition) is 2. The normalized spacial score (nSPS) is 10.7. The summed E-state index contributed by atoms with van der Waals surface area (Å²) >= 11 is 0. The molecular formula is C17H18N6O3. The lowest BCUT2D eigenvalue weighted by Gasteiger charge is -2.05. The summed E-state index contributed by atoms with van der Waals surface area (Å²) in [5, 5.41) is 15.2. The van der Waals surface area contributed by atoms with E-state index in [1.54, 1.807) is 48.0 Å². The molecule has 0 fully saturated rings. The molecule has 0 bridgehead atoms. The number of benzene rings is 1. The molecule has 9 nitrogen and oxygen atoms in total. The van der Waals surface area contributed by atoms with Crippen molar-refractivity contribution in [1.82, 2.24) is 19.8 Å². The predicted octanol–water partition coefficient (Wildman–Crippen LogP) is 1.19. The molecule has 2 aromatic heterocycles. The summed E-state index contributed by atoms with van der Waals surface area (Å²) in [6, 6.07) is 9.90. The Labute approximate surface area is 149 Å². The number of anilines is 1. The molecule has 3 N–H and O–H groups in total. The van der Waals surface area contributed by atoms with E-state index in [1.165, 1.54) is 0 Å². The van der Waals surface area contributed by atoms with Gasteiger partial charge >= 0.3 is 0 Å². The molecular weight excluding hydrogens is 336 g/mol. The van der Waals surface area contributed by atoms with Crippen LogP contribution < -0.4 is 15.8 Å². The van der Waals surface area contributed by atoms with Crippen LogP contribution in [0.25, 0.3) is 5.65 Å². The molecule has 0 aliphatic carbocycles. The molecule has 0 radical (unpaired) electrons. The molecule has 0 unspecified atom stereocenters. The first-order chi connectivity index (χ1) is 12.6. The highest BCUT2D eigenvalue weighted by molar-refractivity contribution is 5.94. The number of aryl methyl sites for hydroxylation is 1. The van der Waals surface area contributed by atoms with Crippen molar-refractivity contribution in [2.45, 2.75) is 19.3 Å². The highest BCUT2D eigenvalue weighted by Gasteiger charge is 2.10. The van der Waals surface area contributed by atoms with Crippen molar-refractivity contribution in [2.24, 2.45) is 5.73 Å². The number of fused-ring (bicyclic) bond motifs is 1. The molecule has 2 heterocycles. The zero-order chi connectivity index (χ0) is 18.5. The quantitative estimate of drug-likeness (QED) is 0.657. The van der Waals surface area contributed by atoms with Crippen LogP contribution in [-0.4, -0.2) is 38.7 Å². The monoisotopic (exact) mass is 354 g/mol. The fourth-order valence-electron chi connectivity index (χ4n) is 2.43. The van der Waals surface area contributed by atoms with E-state index < -0.39 is 5.91 Å². The summed E-state index contributed by atoms with van der Waals surface area (Å²) in [4.78, 5) is 23.1. The van der Waals surface area contributed by atoms with E-state index in [0.717, 1.165) is 0 Å². The number of rotatable bonds is 7. The Morgan fingerprint density at radius 1 is 1.15 bits per heavy atom. The number of nitrogens with zero attached hydrogens (tertiary/aromatic N) is 4. The van der Waals surface area contributed by atoms with E-state index >= 15 is 0 Å². The third-order valence-electron chi connectivity index (χ3n) is 3.77. The molecule has 0 aliphatic rings. The highest BCUT2D eigenvalue weighted by Crippen LogP contribution is 2.12. The molecule has 2 amide bonds. The molecule has 0 atom stereocenters. The molecule has 0 saturated carbocycles. The Balaban J connectivity index is 1.54. The van der Waals surface area contributed by atoms with Crippen LogP contribution in [0, 0.1) is 0 Å². The molecule has 0 aliphatic heterocycles. The molecule has 3 aromatic rings. The Morgan fingerprint density at radius 3 is 2.62 bits per heavy atom. The SMILES string of the molecule is COc1ccc2nnc(CCCC(=O)Nc3ccc(C(N)=O)cc3)n2n1. The molecule has 1 aromatic carbocycles. The van der Waals surface area contributed by atoms with E-state index in [1.807, 2.05) is 0 Å². The van der Waals surface area contributed by atoms with Crippen LogP contribution in [-0.2, 0) is 11.2 Å². The molecule has 0 saturated heterocycles. The number of ether oxygens (including phenoxy) is 1. The fourth-order valence-corrected chi connectivity index (χ4v) is 2.43. The lowest BCUT2D eigenvalue weighted by molar-refractivity contribution is -0.116. The second-order valence-corrected chi connectivity index (χ2v) is 5.61. The van der Waals surface area contributed by atoms with Crippen LogP contribution in [0.3, 0.4) is 0 Å². The molecule has 9 heteroatoms. The Bertz CT molecular complexity index is 935. The Morgan fingerprint density at radius 2 is 1.92 bits per heavy atom. The van der Waals surface area contributed by atoms with E-state index in [9.17, 15) is 9.59 Å². The standard InChI is InChI=1S/C17H18N6O3/c1-26-16-10-9-14-21-20-13(23(14)22-16)3-2-4-15(24)19-12-7-5-11(6-8-12)17(18)25/h5-10H,2-4H2,1H3,(H2,18,25)(H,19,24). The highest BCUT2D eigenvalue weighted by atomic mass is 16.5. The van der Waals surface area contributed by atoms with Gasteiger partial charge in [-0.3, -0.25) is 9.59 Å². The Kier molecular flexibility index (Phi) is 5.07. The average molecular weight is 354 g/mol. The summed E-state index contributed by atoms with van der Waals surface area (Å²) in [7, 11) is 1.54.